The molecule has 1 aromatic carbocycles. The fourth-order valence-corrected chi connectivity index (χ4v) is 3.53. The molecule has 6 nitrogen and oxygen atoms in total. The number of anilines is 1. The minimum atomic E-state index is -0.447. The van der Waals surface area contributed by atoms with Gasteiger partial charge in [-0.25, -0.2) is 0 Å². The zero-order chi connectivity index (χ0) is 16.4. The van der Waals surface area contributed by atoms with E-state index >= 15 is 0 Å². The van der Waals surface area contributed by atoms with E-state index in [0.717, 1.165) is 22.6 Å². The number of halogens is 1. The fourth-order valence-electron chi connectivity index (χ4n) is 2.69. The van der Waals surface area contributed by atoms with Crippen LogP contribution in [-0.2, 0) is 9.53 Å². The summed E-state index contributed by atoms with van der Waals surface area (Å²) in [4.78, 5) is 12.2. The molecule has 1 amide bonds. The molecule has 0 unspecified atom stereocenters. The summed E-state index contributed by atoms with van der Waals surface area (Å²) in [6.07, 6.45) is 1.04. The van der Waals surface area contributed by atoms with Gasteiger partial charge in [0, 0.05) is 12.1 Å². The van der Waals surface area contributed by atoms with E-state index in [1.54, 1.807) is 0 Å². The summed E-state index contributed by atoms with van der Waals surface area (Å²) in [5.41, 5.74) is 8.95. The van der Waals surface area contributed by atoms with E-state index in [9.17, 15) is 4.79 Å². The Bertz CT molecular complexity index is 722. The molecule has 1 aliphatic heterocycles. The molecule has 0 saturated carbocycles. The third kappa shape index (κ3) is 4.10. The van der Waals surface area contributed by atoms with Gasteiger partial charge < -0.3 is 10.5 Å². The Hall–Kier alpha value is -1.54. The number of carbonyl (C=O) groups excluding carboxylic acids is 1. The lowest BCUT2D eigenvalue weighted by Gasteiger charge is -2.10. The highest BCUT2D eigenvalue weighted by molar-refractivity contribution is 7.18. The first-order valence-electron chi connectivity index (χ1n) is 7.64. The highest BCUT2D eigenvalue weighted by Crippen LogP contribution is 2.30. The molecule has 3 rings (SSSR count). The van der Waals surface area contributed by atoms with Crippen molar-refractivity contribution in [3.8, 4) is 10.6 Å². The molecule has 1 saturated heterocycles. The van der Waals surface area contributed by atoms with Crippen LogP contribution in [0.25, 0.3) is 10.6 Å². The number of aryl methyl sites for hydroxylation is 2. The van der Waals surface area contributed by atoms with Crippen molar-refractivity contribution in [1.82, 2.24) is 10.2 Å². The van der Waals surface area contributed by atoms with Crippen LogP contribution in [0.2, 0.25) is 0 Å². The van der Waals surface area contributed by atoms with Crippen LogP contribution in [0.5, 0.6) is 0 Å². The van der Waals surface area contributed by atoms with Crippen molar-refractivity contribution in [2.24, 2.45) is 5.73 Å². The summed E-state index contributed by atoms with van der Waals surface area (Å²) in [6.45, 7) is 4.54. The number of aromatic nitrogens is 2. The predicted molar refractivity (Wildman–Crippen MR) is 97.6 cm³/mol. The number of hydrogen-bond acceptors (Lipinski definition) is 6. The Morgan fingerprint density at radius 3 is 2.83 bits per heavy atom. The van der Waals surface area contributed by atoms with Gasteiger partial charge in [0.15, 0.2) is 0 Å². The number of amides is 1. The number of nitrogens with one attached hydrogen (secondary N) is 1. The first-order valence-corrected chi connectivity index (χ1v) is 8.46. The average molecular weight is 369 g/mol. The molecule has 0 spiro atoms. The number of carbonyl (C=O) groups is 1. The number of benzene rings is 1. The smallest absolute Gasteiger partial charge is 0.255 e. The molecule has 130 valence electrons. The molecule has 2 heterocycles. The Balaban J connectivity index is 0.00000208. The third-order valence-corrected chi connectivity index (χ3v) is 4.80. The van der Waals surface area contributed by atoms with Gasteiger partial charge in [0.1, 0.15) is 11.1 Å². The minimum absolute atomic E-state index is 0. The van der Waals surface area contributed by atoms with E-state index in [4.69, 9.17) is 10.5 Å². The molecular formula is C16H21ClN4O2S. The van der Waals surface area contributed by atoms with Crippen LogP contribution in [0.4, 0.5) is 5.13 Å². The predicted octanol–water partition coefficient (Wildman–Crippen LogP) is 2.69. The maximum Gasteiger partial charge on any atom is 0.255 e. The highest BCUT2D eigenvalue weighted by Gasteiger charge is 2.30. The number of rotatable bonds is 4. The molecule has 1 aromatic heterocycles. The van der Waals surface area contributed by atoms with Gasteiger partial charge in [-0.15, -0.1) is 22.6 Å². The van der Waals surface area contributed by atoms with Gasteiger partial charge in [-0.05, 0) is 32.3 Å². The second-order valence-electron chi connectivity index (χ2n) is 5.78. The summed E-state index contributed by atoms with van der Waals surface area (Å²) >= 11 is 1.37. The zero-order valence-corrected chi connectivity index (χ0v) is 15.2. The topological polar surface area (TPSA) is 90.1 Å². The lowest BCUT2D eigenvalue weighted by atomic mass is 10.1. The summed E-state index contributed by atoms with van der Waals surface area (Å²) in [5.74, 6) is -0.177. The van der Waals surface area contributed by atoms with Crippen molar-refractivity contribution in [3.05, 3.63) is 29.3 Å². The lowest BCUT2D eigenvalue weighted by Crippen LogP contribution is -2.29. The minimum Gasteiger partial charge on any atom is -0.364 e. The fraction of sp³-hybridized carbons (Fsp3) is 0.438. The molecule has 8 heteroatoms. The van der Waals surface area contributed by atoms with Crippen LogP contribution in [0.3, 0.4) is 0 Å². The molecule has 1 fully saturated rings. The molecule has 24 heavy (non-hydrogen) atoms. The van der Waals surface area contributed by atoms with Crippen LogP contribution in [-0.4, -0.2) is 34.9 Å². The van der Waals surface area contributed by atoms with Crippen LogP contribution in [0.15, 0.2) is 18.2 Å². The van der Waals surface area contributed by atoms with E-state index < -0.39 is 6.10 Å². The number of nitrogens with two attached hydrogens (primary N) is 1. The first-order chi connectivity index (χ1) is 11.1. The summed E-state index contributed by atoms with van der Waals surface area (Å²) in [6, 6.07) is 6.18. The van der Waals surface area contributed by atoms with Crippen molar-refractivity contribution < 1.29 is 9.53 Å². The summed E-state index contributed by atoms with van der Waals surface area (Å²) < 4.78 is 5.59. The molecule has 0 aliphatic carbocycles. The standard InChI is InChI=1S/C16H20N4O2S.ClH/c1-9-3-5-12(10(2)7-9)15-19-20-16(23-15)18-14(21)13-6-4-11(8-17)22-13;/h3,5,7,11,13H,4,6,8,17H2,1-2H3,(H,18,20,21);1H/t11-,13+;/m1./s1. The van der Waals surface area contributed by atoms with Crippen LogP contribution in [0.1, 0.15) is 24.0 Å². The van der Waals surface area contributed by atoms with Crippen molar-refractivity contribution in [2.75, 3.05) is 11.9 Å². The first kappa shape index (κ1) is 18.8. The normalized spacial score (nSPS) is 19.8. The van der Waals surface area contributed by atoms with Crippen LogP contribution < -0.4 is 11.1 Å². The second kappa shape index (κ2) is 8.02. The second-order valence-corrected chi connectivity index (χ2v) is 6.76. The lowest BCUT2D eigenvalue weighted by molar-refractivity contribution is -0.126. The van der Waals surface area contributed by atoms with Gasteiger partial charge in [0.05, 0.1) is 6.10 Å². The molecule has 1 aliphatic rings. The Morgan fingerprint density at radius 2 is 2.17 bits per heavy atom. The highest BCUT2D eigenvalue weighted by atomic mass is 35.5. The summed E-state index contributed by atoms with van der Waals surface area (Å²) in [7, 11) is 0. The SMILES string of the molecule is Cc1ccc(-c2nnc(NC(=O)[C@@H]3CC[C@H](CN)O3)s2)c(C)c1.Cl. The van der Waals surface area contributed by atoms with Crippen molar-refractivity contribution >= 4 is 34.8 Å². The van der Waals surface area contributed by atoms with Gasteiger partial charge in [-0.2, -0.15) is 0 Å². The van der Waals surface area contributed by atoms with Gasteiger partial charge in [0.25, 0.3) is 5.91 Å². The average Bonchev–Trinajstić information content (AvgIpc) is 3.16. The van der Waals surface area contributed by atoms with Crippen molar-refractivity contribution in [3.63, 3.8) is 0 Å². The molecule has 3 N–H and O–H groups in total. The van der Waals surface area contributed by atoms with Crippen molar-refractivity contribution in [1.29, 1.82) is 0 Å². The van der Waals surface area contributed by atoms with Gasteiger partial charge in [-0.3, -0.25) is 10.1 Å². The van der Waals surface area contributed by atoms with Crippen molar-refractivity contribution in [2.45, 2.75) is 38.9 Å². The molecule has 0 bridgehead atoms. The monoisotopic (exact) mass is 368 g/mol. The van der Waals surface area contributed by atoms with Crippen LogP contribution >= 0.6 is 23.7 Å². The van der Waals surface area contributed by atoms with E-state index in [1.807, 2.05) is 19.1 Å². The number of nitrogens with zero attached hydrogens (tertiary/aromatic N) is 2. The zero-order valence-electron chi connectivity index (χ0n) is 13.6. The molecule has 0 radical (unpaired) electrons. The molecule has 2 atom stereocenters. The Labute approximate surface area is 151 Å². The largest absolute Gasteiger partial charge is 0.364 e. The molecule has 2 aromatic rings. The molecular weight excluding hydrogens is 348 g/mol. The third-order valence-electron chi connectivity index (χ3n) is 3.93. The summed E-state index contributed by atoms with van der Waals surface area (Å²) in [5, 5.41) is 12.3. The quantitative estimate of drug-likeness (QED) is 0.865. The number of ether oxygens (including phenoxy) is 1. The van der Waals surface area contributed by atoms with E-state index in [0.29, 0.717) is 18.1 Å². The van der Waals surface area contributed by atoms with E-state index in [-0.39, 0.29) is 24.4 Å². The maximum atomic E-state index is 12.2. The Kier molecular flexibility index (Phi) is 6.28. The van der Waals surface area contributed by atoms with E-state index in [2.05, 4.69) is 28.5 Å². The Morgan fingerprint density at radius 1 is 1.38 bits per heavy atom. The van der Waals surface area contributed by atoms with Gasteiger partial charge in [-0.1, -0.05) is 35.1 Å². The van der Waals surface area contributed by atoms with Gasteiger partial charge >= 0.3 is 0 Å². The number of hydrogen-bond donors (Lipinski definition) is 2. The van der Waals surface area contributed by atoms with Gasteiger partial charge in [0.2, 0.25) is 5.13 Å². The van der Waals surface area contributed by atoms with E-state index in [1.165, 1.54) is 16.9 Å². The maximum absolute atomic E-state index is 12.2. The van der Waals surface area contributed by atoms with Crippen LogP contribution in [0, 0.1) is 13.8 Å².